The standard InChI is InChI=1S/C28H31F2N3O5S/c1-4-31-28(35)26(16-20-9-6-5-7-10-20)32(18-21-11-8-12-23(15-21)38-2)27(34)19-33(39(3,36)37)22-13-14-24(29)25(30)17-22/h5-15,17,26H,4,16,18-19H2,1-3H3,(H,31,35)/t26-/m1/s1. The lowest BCUT2D eigenvalue weighted by atomic mass is 10.0. The highest BCUT2D eigenvalue weighted by molar-refractivity contribution is 7.92. The van der Waals surface area contributed by atoms with Gasteiger partial charge in [-0.25, -0.2) is 17.2 Å². The zero-order chi connectivity index (χ0) is 28.6. The number of anilines is 1. The van der Waals surface area contributed by atoms with Gasteiger partial charge in [-0.1, -0.05) is 42.5 Å². The molecule has 0 unspecified atom stereocenters. The SMILES string of the molecule is CCNC(=O)[C@@H](Cc1ccccc1)N(Cc1cccc(OC)c1)C(=O)CN(c1ccc(F)c(F)c1)S(C)(=O)=O. The van der Waals surface area contributed by atoms with Gasteiger partial charge in [0.25, 0.3) is 0 Å². The first-order chi connectivity index (χ1) is 18.5. The molecule has 0 saturated carbocycles. The van der Waals surface area contributed by atoms with Crippen LogP contribution in [0.15, 0.2) is 72.8 Å². The molecule has 0 spiro atoms. The van der Waals surface area contributed by atoms with Crippen molar-refractivity contribution in [2.45, 2.75) is 25.9 Å². The number of benzene rings is 3. The summed E-state index contributed by atoms with van der Waals surface area (Å²) in [6.07, 6.45) is 1.02. The number of ether oxygens (including phenoxy) is 1. The van der Waals surface area contributed by atoms with Crippen LogP contribution >= 0.6 is 0 Å². The third-order valence-corrected chi connectivity index (χ3v) is 7.12. The Balaban J connectivity index is 2.06. The highest BCUT2D eigenvalue weighted by atomic mass is 32.2. The number of methoxy groups -OCH3 is 1. The minimum absolute atomic E-state index is 0.0416. The molecule has 3 aromatic carbocycles. The Morgan fingerprint density at radius 1 is 0.949 bits per heavy atom. The Labute approximate surface area is 227 Å². The van der Waals surface area contributed by atoms with Crippen LogP contribution in [0.2, 0.25) is 0 Å². The van der Waals surface area contributed by atoms with Crippen LogP contribution in [0.25, 0.3) is 0 Å². The molecule has 39 heavy (non-hydrogen) atoms. The van der Waals surface area contributed by atoms with Crippen molar-refractivity contribution < 1.29 is 31.5 Å². The van der Waals surface area contributed by atoms with Gasteiger partial charge in [0.2, 0.25) is 21.8 Å². The second-order valence-electron chi connectivity index (χ2n) is 8.84. The molecular formula is C28H31F2N3O5S. The number of halogens is 2. The minimum Gasteiger partial charge on any atom is -0.497 e. The van der Waals surface area contributed by atoms with Gasteiger partial charge in [-0.05, 0) is 42.3 Å². The van der Waals surface area contributed by atoms with E-state index in [4.69, 9.17) is 4.74 Å². The summed E-state index contributed by atoms with van der Waals surface area (Å²) in [6.45, 7) is 1.29. The van der Waals surface area contributed by atoms with Gasteiger partial charge in [0.1, 0.15) is 18.3 Å². The van der Waals surface area contributed by atoms with Crippen molar-refractivity contribution in [2.75, 3.05) is 30.8 Å². The van der Waals surface area contributed by atoms with E-state index in [0.29, 0.717) is 28.2 Å². The van der Waals surface area contributed by atoms with Gasteiger partial charge in [0.05, 0.1) is 19.1 Å². The van der Waals surface area contributed by atoms with Crippen molar-refractivity contribution >= 4 is 27.5 Å². The predicted octanol–water partition coefficient (Wildman–Crippen LogP) is 3.52. The number of carbonyl (C=O) groups excluding carboxylic acids is 2. The highest BCUT2D eigenvalue weighted by Gasteiger charge is 2.33. The zero-order valence-electron chi connectivity index (χ0n) is 21.9. The van der Waals surface area contributed by atoms with Crippen molar-refractivity contribution in [1.82, 2.24) is 10.2 Å². The Bertz CT molecular complexity index is 1400. The monoisotopic (exact) mass is 559 g/mol. The van der Waals surface area contributed by atoms with Crippen molar-refractivity contribution in [3.05, 3.63) is 95.6 Å². The van der Waals surface area contributed by atoms with Crippen LogP contribution in [-0.4, -0.2) is 57.6 Å². The quantitative estimate of drug-likeness (QED) is 0.367. The van der Waals surface area contributed by atoms with Crippen LogP contribution < -0.4 is 14.4 Å². The molecule has 0 bridgehead atoms. The fourth-order valence-corrected chi connectivity index (χ4v) is 4.91. The van der Waals surface area contributed by atoms with Gasteiger partial charge in [0, 0.05) is 25.6 Å². The summed E-state index contributed by atoms with van der Waals surface area (Å²) >= 11 is 0. The minimum atomic E-state index is -4.10. The second kappa shape index (κ2) is 13.2. The van der Waals surface area contributed by atoms with E-state index >= 15 is 0 Å². The molecule has 0 saturated heterocycles. The number of sulfonamides is 1. The Morgan fingerprint density at radius 3 is 2.26 bits per heavy atom. The molecule has 0 radical (unpaired) electrons. The normalized spacial score (nSPS) is 11.9. The van der Waals surface area contributed by atoms with E-state index in [0.717, 1.165) is 24.0 Å². The van der Waals surface area contributed by atoms with Crippen LogP contribution in [0.4, 0.5) is 14.5 Å². The molecule has 0 fully saturated rings. The fraction of sp³-hybridized carbons (Fsp3) is 0.286. The predicted molar refractivity (Wildman–Crippen MR) is 145 cm³/mol. The Hall–Kier alpha value is -3.99. The maximum absolute atomic E-state index is 14.0. The summed E-state index contributed by atoms with van der Waals surface area (Å²) in [4.78, 5) is 28.5. The summed E-state index contributed by atoms with van der Waals surface area (Å²) in [5, 5.41) is 2.76. The average molecular weight is 560 g/mol. The molecule has 0 heterocycles. The number of hydrogen-bond acceptors (Lipinski definition) is 5. The topological polar surface area (TPSA) is 96.0 Å². The van der Waals surface area contributed by atoms with Crippen molar-refractivity contribution in [2.24, 2.45) is 0 Å². The van der Waals surface area contributed by atoms with Crippen LogP contribution in [0.5, 0.6) is 5.75 Å². The van der Waals surface area contributed by atoms with Crippen molar-refractivity contribution in [3.63, 3.8) is 0 Å². The lowest BCUT2D eigenvalue weighted by Crippen LogP contribution is -2.53. The van der Waals surface area contributed by atoms with E-state index in [1.807, 2.05) is 30.3 Å². The second-order valence-corrected chi connectivity index (χ2v) is 10.7. The molecule has 208 valence electrons. The molecule has 0 aromatic heterocycles. The Kier molecular flexibility index (Phi) is 10.00. The van der Waals surface area contributed by atoms with Crippen molar-refractivity contribution in [1.29, 1.82) is 0 Å². The number of nitrogens with zero attached hydrogens (tertiary/aromatic N) is 2. The third-order valence-electron chi connectivity index (χ3n) is 5.98. The first kappa shape index (κ1) is 29.6. The molecule has 0 aliphatic carbocycles. The van der Waals surface area contributed by atoms with Crippen LogP contribution in [0.1, 0.15) is 18.1 Å². The average Bonchev–Trinajstić information content (AvgIpc) is 2.91. The molecule has 11 heteroatoms. The van der Waals surface area contributed by atoms with E-state index in [2.05, 4.69) is 5.32 Å². The van der Waals surface area contributed by atoms with E-state index in [-0.39, 0.29) is 18.7 Å². The maximum Gasteiger partial charge on any atom is 0.244 e. The molecule has 3 aromatic rings. The lowest BCUT2D eigenvalue weighted by Gasteiger charge is -2.33. The number of rotatable bonds is 12. The first-order valence-electron chi connectivity index (χ1n) is 12.2. The molecule has 1 N–H and O–H groups in total. The van der Waals surface area contributed by atoms with E-state index in [9.17, 15) is 26.8 Å². The molecular weight excluding hydrogens is 528 g/mol. The molecule has 2 amide bonds. The number of likely N-dealkylation sites (N-methyl/N-ethyl adjacent to an activating group) is 1. The molecule has 0 aliphatic rings. The largest absolute Gasteiger partial charge is 0.497 e. The zero-order valence-corrected chi connectivity index (χ0v) is 22.8. The smallest absolute Gasteiger partial charge is 0.244 e. The summed E-state index contributed by atoms with van der Waals surface area (Å²) in [6, 6.07) is 17.6. The van der Waals surface area contributed by atoms with Gasteiger partial charge in [-0.3, -0.25) is 13.9 Å². The molecule has 3 rings (SSSR count). The third kappa shape index (κ3) is 8.00. The van der Waals surface area contributed by atoms with Gasteiger partial charge in [-0.2, -0.15) is 0 Å². The van der Waals surface area contributed by atoms with Gasteiger partial charge < -0.3 is 15.0 Å². The summed E-state index contributed by atoms with van der Waals surface area (Å²) in [5.41, 5.74) is 1.21. The summed E-state index contributed by atoms with van der Waals surface area (Å²) in [7, 11) is -2.60. The van der Waals surface area contributed by atoms with E-state index < -0.39 is 46.1 Å². The van der Waals surface area contributed by atoms with Gasteiger partial charge >= 0.3 is 0 Å². The van der Waals surface area contributed by atoms with Gasteiger partial charge in [-0.15, -0.1) is 0 Å². The molecule has 1 atom stereocenters. The maximum atomic E-state index is 14.0. The van der Waals surface area contributed by atoms with Crippen LogP contribution in [-0.2, 0) is 32.6 Å². The van der Waals surface area contributed by atoms with Crippen molar-refractivity contribution in [3.8, 4) is 5.75 Å². The summed E-state index contributed by atoms with van der Waals surface area (Å²) in [5.74, 6) is -3.00. The Morgan fingerprint density at radius 2 is 1.64 bits per heavy atom. The number of nitrogens with one attached hydrogen (secondary N) is 1. The highest BCUT2D eigenvalue weighted by Crippen LogP contribution is 2.23. The van der Waals surface area contributed by atoms with Crippen LogP contribution in [0.3, 0.4) is 0 Å². The van der Waals surface area contributed by atoms with Gasteiger partial charge in [0.15, 0.2) is 11.6 Å². The molecule has 0 aliphatic heterocycles. The van der Waals surface area contributed by atoms with E-state index in [1.54, 1.807) is 31.2 Å². The lowest BCUT2D eigenvalue weighted by molar-refractivity contribution is -0.140. The number of hydrogen-bond donors (Lipinski definition) is 1. The number of amides is 2. The summed E-state index contributed by atoms with van der Waals surface area (Å²) < 4.78 is 58.9. The molecule has 8 nitrogen and oxygen atoms in total. The van der Waals surface area contributed by atoms with E-state index in [1.165, 1.54) is 12.0 Å². The van der Waals surface area contributed by atoms with Crippen LogP contribution in [0, 0.1) is 11.6 Å². The fourth-order valence-electron chi connectivity index (χ4n) is 4.07. The first-order valence-corrected chi connectivity index (χ1v) is 14.0. The number of carbonyl (C=O) groups is 2.